The van der Waals surface area contributed by atoms with E-state index in [2.05, 4.69) is 0 Å². The van der Waals surface area contributed by atoms with Crippen LogP contribution in [0.25, 0.3) is 0 Å². The van der Waals surface area contributed by atoms with Gasteiger partial charge in [0.05, 0.1) is 23.6 Å². The second-order valence-corrected chi connectivity index (χ2v) is 7.18. The van der Waals surface area contributed by atoms with Gasteiger partial charge in [-0.15, -0.1) is 0 Å². The van der Waals surface area contributed by atoms with E-state index in [1.807, 2.05) is 10.8 Å². The number of hydrogen-bond acceptors (Lipinski definition) is 6. The predicted octanol–water partition coefficient (Wildman–Crippen LogP) is 2.15. The minimum absolute atomic E-state index is 0.0529. The molecule has 8 heteroatoms. The molecule has 1 amide bonds. The zero-order chi connectivity index (χ0) is 19.3. The third-order valence-corrected chi connectivity index (χ3v) is 4.90. The van der Waals surface area contributed by atoms with Crippen molar-refractivity contribution in [1.29, 1.82) is 5.26 Å². The highest BCUT2D eigenvalue weighted by molar-refractivity contribution is 7.90. The number of amides is 1. The number of rotatable bonds is 6. The molecule has 1 unspecified atom stereocenters. The summed E-state index contributed by atoms with van der Waals surface area (Å²) in [5.74, 6) is 0.0228. The Morgan fingerprint density at radius 3 is 2.58 bits per heavy atom. The Balaban J connectivity index is 2.12. The number of nitrogens with one attached hydrogen (secondary N) is 1. The highest BCUT2D eigenvalue weighted by atomic mass is 32.2. The van der Waals surface area contributed by atoms with Crippen LogP contribution in [0.4, 0.5) is 0 Å². The van der Waals surface area contributed by atoms with Crippen molar-refractivity contribution in [2.45, 2.75) is 24.8 Å². The monoisotopic (exact) mass is 374 g/mol. The second kappa shape index (κ2) is 7.89. The van der Waals surface area contributed by atoms with E-state index in [0.717, 1.165) is 0 Å². The molecule has 2 rings (SSSR count). The summed E-state index contributed by atoms with van der Waals surface area (Å²) in [5, 5.41) is 8.87. The van der Waals surface area contributed by atoms with Gasteiger partial charge in [-0.2, -0.15) is 5.26 Å². The molecule has 0 heterocycles. The number of hydrogen-bond donors (Lipinski definition) is 1. The lowest BCUT2D eigenvalue weighted by Gasteiger charge is -2.15. The maximum atomic E-state index is 12.4. The lowest BCUT2D eigenvalue weighted by molar-refractivity contribution is -0.125. The highest BCUT2D eigenvalue weighted by Crippen LogP contribution is 2.21. The topological polar surface area (TPSA) is 105 Å². The van der Waals surface area contributed by atoms with Crippen LogP contribution in [0.15, 0.2) is 47.4 Å². The second-order valence-electron chi connectivity index (χ2n) is 5.50. The first kappa shape index (κ1) is 19.3. The lowest BCUT2D eigenvalue weighted by atomic mass is 10.2. The first-order valence-electron chi connectivity index (χ1n) is 7.65. The van der Waals surface area contributed by atoms with Gasteiger partial charge < -0.3 is 9.47 Å². The van der Waals surface area contributed by atoms with Gasteiger partial charge in [0, 0.05) is 0 Å². The predicted molar refractivity (Wildman–Crippen MR) is 94.3 cm³/mol. The number of sulfonamides is 1. The molecule has 1 N–H and O–H groups in total. The SMILES string of the molecule is COc1ccc(S(=O)(=O)NC(=O)C(C)Oc2cccc(C#N)c2)cc1C. The largest absolute Gasteiger partial charge is 0.496 e. The number of methoxy groups -OCH3 is 1. The molecule has 0 aromatic heterocycles. The average Bonchev–Trinajstić information content (AvgIpc) is 2.61. The summed E-state index contributed by atoms with van der Waals surface area (Å²) in [6, 6.07) is 12.5. The summed E-state index contributed by atoms with van der Waals surface area (Å²) in [6.07, 6.45) is -1.07. The number of benzene rings is 2. The van der Waals surface area contributed by atoms with Gasteiger partial charge in [-0.1, -0.05) is 6.07 Å². The third kappa shape index (κ3) is 4.52. The Hall–Kier alpha value is -3.05. The molecule has 7 nitrogen and oxygen atoms in total. The van der Waals surface area contributed by atoms with Crippen molar-refractivity contribution >= 4 is 15.9 Å². The molecule has 0 radical (unpaired) electrons. The van der Waals surface area contributed by atoms with Crippen LogP contribution in [0.5, 0.6) is 11.5 Å². The van der Waals surface area contributed by atoms with E-state index in [9.17, 15) is 13.2 Å². The Morgan fingerprint density at radius 1 is 1.23 bits per heavy atom. The zero-order valence-corrected chi connectivity index (χ0v) is 15.3. The summed E-state index contributed by atoms with van der Waals surface area (Å²) in [5.41, 5.74) is 0.997. The van der Waals surface area contributed by atoms with E-state index >= 15 is 0 Å². The number of aryl methyl sites for hydroxylation is 1. The first-order valence-corrected chi connectivity index (χ1v) is 9.13. The molecule has 26 heavy (non-hydrogen) atoms. The number of ether oxygens (including phenoxy) is 2. The van der Waals surface area contributed by atoms with Crippen LogP contribution < -0.4 is 14.2 Å². The Labute approximate surface area is 152 Å². The maximum absolute atomic E-state index is 12.4. The molecular weight excluding hydrogens is 356 g/mol. The number of nitrogens with zero attached hydrogens (tertiary/aromatic N) is 1. The van der Waals surface area contributed by atoms with E-state index in [1.54, 1.807) is 25.1 Å². The molecular formula is C18H18N2O5S. The van der Waals surface area contributed by atoms with Crippen LogP contribution in [0.3, 0.4) is 0 Å². The van der Waals surface area contributed by atoms with Gasteiger partial charge in [-0.05, 0) is 55.8 Å². The molecule has 0 aliphatic carbocycles. The molecule has 0 aliphatic rings. The quantitative estimate of drug-likeness (QED) is 0.830. The smallest absolute Gasteiger partial charge is 0.274 e. The van der Waals surface area contributed by atoms with Crippen molar-refractivity contribution in [2.24, 2.45) is 0 Å². The normalized spacial score (nSPS) is 11.9. The molecule has 0 bridgehead atoms. The Morgan fingerprint density at radius 2 is 1.96 bits per heavy atom. The van der Waals surface area contributed by atoms with Crippen LogP contribution in [0.2, 0.25) is 0 Å². The fourth-order valence-corrected chi connectivity index (χ4v) is 3.32. The summed E-state index contributed by atoms with van der Waals surface area (Å²) in [4.78, 5) is 12.1. The fourth-order valence-electron chi connectivity index (χ4n) is 2.19. The third-order valence-electron chi connectivity index (χ3n) is 3.56. The molecule has 136 valence electrons. The van der Waals surface area contributed by atoms with E-state index in [4.69, 9.17) is 14.7 Å². The summed E-state index contributed by atoms with van der Waals surface area (Å²) >= 11 is 0. The van der Waals surface area contributed by atoms with Crippen LogP contribution >= 0.6 is 0 Å². The van der Waals surface area contributed by atoms with Crippen molar-refractivity contribution in [1.82, 2.24) is 4.72 Å². The van der Waals surface area contributed by atoms with Crippen LogP contribution in [-0.2, 0) is 14.8 Å². The van der Waals surface area contributed by atoms with Gasteiger partial charge in [0.1, 0.15) is 11.5 Å². The first-order chi connectivity index (χ1) is 12.3. The van der Waals surface area contributed by atoms with E-state index in [-0.39, 0.29) is 4.90 Å². The lowest BCUT2D eigenvalue weighted by Crippen LogP contribution is -2.40. The van der Waals surface area contributed by atoms with Gasteiger partial charge >= 0.3 is 0 Å². The minimum Gasteiger partial charge on any atom is -0.496 e. The Kier molecular flexibility index (Phi) is 5.85. The van der Waals surface area contributed by atoms with Crippen molar-refractivity contribution in [3.8, 4) is 17.6 Å². The molecule has 0 spiro atoms. The van der Waals surface area contributed by atoms with Gasteiger partial charge in [-0.3, -0.25) is 4.79 Å². The summed E-state index contributed by atoms with van der Waals surface area (Å²) in [7, 11) is -2.56. The van der Waals surface area contributed by atoms with E-state index in [0.29, 0.717) is 22.6 Å². The molecule has 0 saturated carbocycles. The van der Waals surface area contributed by atoms with E-state index < -0.39 is 22.0 Å². The molecule has 2 aromatic rings. The summed E-state index contributed by atoms with van der Waals surface area (Å²) < 4.78 is 37.3. The van der Waals surface area contributed by atoms with Crippen LogP contribution in [0, 0.1) is 18.3 Å². The number of carbonyl (C=O) groups is 1. The van der Waals surface area contributed by atoms with Crippen molar-refractivity contribution < 1.29 is 22.7 Å². The van der Waals surface area contributed by atoms with Gasteiger partial charge in [0.15, 0.2) is 6.10 Å². The highest BCUT2D eigenvalue weighted by Gasteiger charge is 2.23. The van der Waals surface area contributed by atoms with Gasteiger partial charge in [0.25, 0.3) is 15.9 Å². The summed E-state index contributed by atoms with van der Waals surface area (Å²) in [6.45, 7) is 3.12. The minimum atomic E-state index is -4.04. The maximum Gasteiger partial charge on any atom is 0.274 e. The molecule has 1 atom stereocenters. The fraction of sp³-hybridized carbons (Fsp3) is 0.222. The molecule has 0 saturated heterocycles. The van der Waals surface area contributed by atoms with Crippen LogP contribution in [-0.4, -0.2) is 27.5 Å². The number of nitriles is 1. The van der Waals surface area contributed by atoms with Crippen molar-refractivity contribution in [3.63, 3.8) is 0 Å². The average molecular weight is 374 g/mol. The van der Waals surface area contributed by atoms with Crippen molar-refractivity contribution in [3.05, 3.63) is 53.6 Å². The zero-order valence-electron chi connectivity index (χ0n) is 14.5. The number of carbonyl (C=O) groups excluding carboxylic acids is 1. The standard InChI is InChI=1S/C18H18N2O5S/c1-12-9-16(7-8-17(12)24-3)26(22,23)20-18(21)13(2)25-15-6-4-5-14(10-15)11-19/h4-10,13H,1-3H3,(H,20,21). The van der Waals surface area contributed by atoms with E-state index in [1.165, 1.54) is 38.3 Å². The molecule has 0 fully saturated rings. The molecule has 0 aliphatic heterocycles. The van der Waals surface area contributed by atoms with Gasteiger partial charge in [0.2, 0.25) is 0 Å². The van der Waals surface area contributed by atoms with Crippen molar-refractivity contribution in [2.75, 3.05) is 7.11 Å². The Bertz CT molecular complexity index is 964. The van der Waals surface area contributed by atoms with Gasteiger partial charge in [-0.25, -0.2) is 13.1 Å². The van der Waals surface area contributed by atoms with Crippen LogP contribution in [0.1, 0.15) is 18.1 Å². The molecule has 2 aromatic carbocycles.